The lowest BCUT2D eigenvalue weighted by Gasteiger charge is -2.21. The van der Waals surface area contributed by atoms with Gasteiger partial charge in [0.1, 0.15) is 5.75 Å². The van der Waals surface area contributed by atoms with Gasteiger partial charge in [0, 0.05) is 5.69 Å². The largest absolute Gasteiger partial charge is 0.493 e. The molecule has 0 aliphatic rings. The minimum Gasteiger partial charge on any atom is -0.493 e. The van der Waals surface area contributed by atoms with E-state index in [0.717, 1.165) is 23.4 Å². The van der Waals surface area contributed by atoms with Crippen LogP contribution in [0.5, 0.6) is 17.2 Å². The number of ether oxygens (including phenoxy) is 3. The molecule has 0 saturated carbocycles. The molecule has 0 fully saturated rings. The van der Waals surface area contributed by atoms with Gasteiger partial charge in [-0.2, -0.15) is 0 Å². The van der Waals surface area contributed by atoms with Crippen LogP contribution >= 0.6 is 12.2 Å². The third-order valence-electron chi connectivity index (χ3n) is 4.01. The van der Waals surface area contributed by atoms with Crippen LogP contribution in [0.1, 0.15) is 38.8 Å². The molecule has 1 atom stereocenters. The predicted molar refractivity (Wildman–Crippen MR) is 114 cm³/mol. The maximum absolute atomic E-state index is 5.66. The predicted octanol–water partition coefficient (Wildman–Crippen LogP) is 4.93. The van der Waals surface area contributed by atoms with E-state index in [1.54, 1.807) is 14.2 Å². The van der Waals surface area contributed by atoms with Crippen molar-refractivity contribution >= 4 is 23.0 Å². The molecule has 0 saturated heterocycles. The molecule has 0 radical (unpaired) electrons. The Morgan fingerprint density at radius 2 is 1.67 bits per heavy atom. The molecule has 0 aliphatic heterocycles. The molecule has 1 unspecified atom stereocenters. The first-order valence-electron chi connectivity index (χ1n) is 9.03. The van der Waals surface area contributed by atoms with Crippen LogP contribution in [0.3, 0.4) is 0 Å². The van der Waals surface area contributed by atoms with Crippen LogP contribution in [0.2, 0.25) is 0 Å². The van der Waals surface area contributed by atoms with Crippen LogP contribution in [-0.2, 0) is 0 Å². The van der Waals surface area contributed by atoms with Crippen molar-refractivity contribution in [2.75, 3.05) is 19.5 Å². The molecule has 6 heteroatoms. The first-order chi connectivity index (χ1) is 13.0. The van der Waals surface area contributed by atoms with Crippen molar-refractivity contribution in [3.8, 4) is 17.2 Å². The fourth-order valence-corrected chi connectivity index (χ4v) is 2.97. The number of benzene rings is 2. The van der Waals surface area contributed by atoms with Crippen molar-refractivity contribution in [2.24, 2.45) is 0 Å². The Balaban J connectivity index is 2.02. The van der Waals surface area contributed by atoms with E-state index in [1.165, 1.54) is 0 Å². The van der Waals surface area contributed by atoms with Gasteiger partial charge in [0.15, 0.2) is 16.6 Å². The van der Waals surface area contributed by atoms with Gasteiger partial charge in [-0.3, -0.25) is 0 Å². The van der Waals surface area contributed by atoms with Gasteiger partial charge in [-0.05, 0) is 74.4 Å². The average Bonchev–Trinajstić information content (AvgIpc) is 2.66. The Kier molecular flexibility index (Phi) is 7.73. The highest BCUT2D eigenvalue weighted by molar-refractivity contribution is 7.80. The third kappa shape index (κ3) is 6.03. The Bertz CT molecular complexity index is 748. The number of methoxy groups -OCH3 is 2. The number of rotatable bonds is 8. The first kappa shape index (κ1) is 20.8. The van der Waals surface area contributed by atoms with E-state index >= 15 is 0 Å². The number of anilines is 1. The van der Waals surface area contributed by atoms with Crippen LogP contribution in [0.25, 0.3) is 0 Å². The molecule has 2 aromatic carbocycles. The molecule has 146 valence electrons. The highest BCUT2D eigenvalue weighted by Crippen LogP contribution is 2.31. The Hall–Kier alpha value is -2.47. The Morgan fingerprint density at radius 1 is 1.00 bits per heavy atom. The molecular weight excluding hydrogens is 360 g/mol. The summed E-state index contributed by atoms with van der Waals surface area (Å²) in [6.45, 7) is 6.11. The molecule has 2 rings (SSSR count). The number of nitrogens with one attached hydrogen (secondary N) is 2. The maximum Gasteiger partial charge on any atom is 0.171 e. The number of hydrogen-bond acceptors (Lipinski definition) is 4. The van der Waals surface area contributed by atoms with Crippen LogP contribution in [0, 0.1) is 0 Å². The minimum atomic E-state index is 0.0633. The van der Waals surface area contributed by atoms with Gasteiger partial charge in [0.25, 0.3) is 0 Å². The number of thiocarbonyl (C=S) groups is 1. The van der Waals surface area contributed by atoms with Gasteiger partial charge in [-0.15, -0.1) is 0 Å². The van der Waals surface area contributed by atoms with Gasteiger partial charge >= 0.3 is 0 Å². The van der Waals surface area contributed by atoms with Gasteiger partial charge in [-0.25, -0.2) is 0 Å². The summed E-state index contributed by atoms with van der Waals surface area (Å²) in [7, 11) is 3.26. The van der Waals surface area contributed by atoms with Crippen molar-refractivity contribution in [3.63, 3.8) is 0 Å². The smallest absolute Gasteiger partial charge is 0.171 e. The van der Waals surface area contributed by atoms with E-state index in [1.807, 2.05) is 56.3 Å². The molecule has 0 bridgehead atoms. The second kappa shape index (κ2) is 10.0. The van der Waals surface area contributed by atoms with Crippen LogP contribution in [-0.4, -0.2) is 25.4 Å². The highest BCUT2D eigenvalue weighted by atomic mass is 32.1. The molecule has 5 nitrogen and oxygen atoms in total. The summed E-state index contributed by atoms with van der Waals surface area (Å²) < 4.78 is 16.4. The van der Waals surface area contributed by atoms with Crippen LogP contribution in [0.4, 0.5) is 5.69 Å². The fraction of sp³-hybridized carbons (Fsp3) is 0.381. The van der Waals surface area contributed by atoms with E-state index in [9.17, 15) is 0 Å². The monoisotopic (exact) mass is 388 g/mol. The first-order valence-corrected chi connectivity index (χ1v) is 9.43. The molecule has 0 aromatic heterocycles. The van der Waals surface area contributed by atoms with Gasteiger partial charge in [0.05, 0.1) is 26.4 Å². The van der Waals surface area contributed by atoms with E-state index in [2.05, 4.69) is 17.6 Å². The summed E-state index contributed by atoms with van der Waals surface area (Å²) in [4.78, 5) is 0. The van der Waals surface area contributed by atoms with Crippen molar-refractivity contribution in [1.29, 1.82) is 0 Å². The standard InChI is InChI=1S/C21H28N2O3S/c1-6-18(15-7-12-19(24-4)20(13-15)25-5)23-21(27)22-16-8-10-17(11-9-16)26-14(2)3/h7-14,18H,6H2,1-5H3,(H2,22,23,27). The second-order valence-electron chi connectivity index (χ2n) is 6.36. The van der Waals surface area contributed by atoms with Gasteiger partial charge in [-0.1, -0.05) is 13.0 Å². The normalized spacial score (nSPS) is 11.6. The molecule has 27 heavy (non-hydrogen) atoms. The van der Waals surface area contributed by atoms with Crippen molar-refractivity contribution in [1.82, 2.24) is 5.32 Å². The lowest BCUT2D eigenvalue weighted by molar-refractivity contribution is 0.242. The highest BCUT2D eigenvalue weighted by Gasteiger charge is 2.14. The molecular formula is C21H28N2O3S. The van der Waals surface area contributed by atoms with Crippen molar-refractivity contribution in [3.05, 3.63) is 48.0 Å². The molecule has 0 spiro atoms. The van der Waals surface area contributed by atoms with Gasteiger partial charge < -0.3 is 24.8 Å². The van der Waals surface area contributed by atoms with Gasteiger partial charge in [0.2, 0.25) is 0 Å². The van der Waals surface area contributed by atoms with Crippen LogP contribution < -0.4 is 24.8 Å². The zero-order chi connectivity index (χ0) is 19.8. The average molecular weight is 389 g/mol. The van der Waals surface area contributed by atoms with Crippen molar-refractivity contribution < 1.29 is 14.2 Å². The minimum absolute atomic E-state index is 0.0633. The molecule has 0 amide bonds. The van der Waals surface area contributed by atoms with Crippen LogP contribution in [0.15, 0.2) is 42.5 Å². The SMILES string of the molecule is CCC(NC(=S)Nc1ccc(OC(C)C)cc1)c1ccc(OC)c(OC)c1. The Labute approximate surface area is 167 Å². The summed E-state index contributed by atoms with van der Waals surface area (Å²) >= 11 is 5.48. The summed E-state index contributed by atoms with van der Waals surface area (Å²) in [6.07, 6.45) is 1.02. The van der Waals surface area contributed by atoms with E-state index in [-0.39, 0.29) is 12.1 Å². The summed E-state index contributed by atoms with van der Waals surface area (Å²) in [6, 6.07) is 13.7. The second-order valence-corrected chi connectivity index (χ2v) is 6.77. The summed E-state index contributed by atoms with van der Waals surface area (Å²) in [5.41, 5.74) is 1.99. The van der Waals surface area contributed by atoms with E-state index < -0.39 is 0 Å². The Morgan fingerprint density at radius 3 is 2.22 bits per heavy atom. The zero-order valence-electron chi connectivity index (χ0n) is 16.5. The topological polar surface area (TPSA) is 51.8 Å². The van der Waals surface area contributed by atoms with Crippen molar-refractivity contribution in [2.45, 2.75) is 39.3 Å². The quantitative estimate of drug-likeness (QED) is 0.626. The molecule has 0 aliphatic carbocycles. The van der Waals surface area contributed by atoms with E-state index in [0.29, 0.717) is 16.6 Å². The lowest BCUT2D eigenvalue weighted by atomic mass is 10.0. The summed E-state index contributed by atoms with van der Waals surface area (Å²) in [5, 5.41) is 7.14. The zero-order valence-corrected chi connectivity index (χ0v) is 17.4. The van der Waals surface area contributed by atoms with E-state index in [4.69, 9.17) is 26.4 Å². The third-order valence-corrected chi connectivity index (χ3v) is 4.23. The molecule has 0 heterocycles. The lowest BCUT2D eigenvalue weighted by Crippen LogP contribution is -2.32. The molecule has 2 aromatic rings. The maximum atomic E-state index is 5.66. The molecule has 2 N–H and O–H groups in total. The summed E-state index contributed by atoms with van der Waals surface area (Å²) in [5.74, 6) is 2.25. The fourth-order valence-electron chi connectivity index (χ4n) is 2.71. The number of hydrogen-bond donors (Lipinski definition) is 2.